The van der Waals surface area contributed by atoms with Gasteiger partial charge in [-0.15, -0.1) is 0 Å². The Labute approximate surface area is 121 Å². The molecule has 0 bridgehead atoms. The number of aliphatic hydroxyl groups excluding tert-OH is 1. The van der Waals surface area contributed by atoms with Crippen molar-refractivity contribution in [3.63, 3.8) is 0 Å². The summed E-state index contributed by atoms with van der Waals surface area (Å²) in [6, 6.07) is 9.36. The number of nitrogens with one attached hydrogen (secondary N) is 1. The third-order valence-corrected chi connectivity index (χ3v) is 4.41. The Kier molecular flexibility index (Phi) is 4.81. The standard InChI is InChI=1S/C17H25NO2/c1-17(2)10-8-14(9-11-17)16(20)18-15(12-19)13-6-4-3-5-7-13/h3-7,14-15,19H,8-12H2,1-2H3,(H,18,20). The first kappa shape index (κ1) is 15.0. The molecule has 0 heterocycles. The molecule has 0 aromatic heterocycles. The van der Waals surface area contributed by atoms with Gasteiger partial charge in [0.05, 0.1) is 12.6 Å². The van der Waals surface area contributed by atoms with Crippen molar-refractivity contribution in [2.45, 2.75) is 45.6 Å². The van der Waals surface area contributed by atoms with E-state index in [1.165, 1.54) is 0 Å². The number of hydrogen-bond acceptors (Lipinski definition) is 2. The van der Waals surface area contributed by atoms with Crippen LogP contribution in [0, 0.1) is 11.3 Å². The van der Waals surface area contributed by atoms with E-state index in [0.717, 1.165) is 31.2 Å². The van der Waals surface area contributed by atoms with E-state index in [9.17, 15) is 9.90 Å². The predicted molar refractivity (Wildman–Crippen MR) is 80.2 cm³/mol. The Hall–Kier alpha value is -1.35. The summed E-state index contributed by atoms with van der Waals surface area (Å²) in [5.74, 6) is 0.184. The number of amides is 1. The fourth-order valence-corrected chi connectivity index (χ4v) is 2.87. The Morgan fingerprint density at radius 3 is 2.45 bits per heavy atom. The van der Waals surface area contributed by atoms with Crippen LogP contribution in [0.15, 0.2) is 30.3 Å². The summed E-state index contributed by atoms with van der Waals surface area (Å²) in [6.45, 7) is 4.47. The summed E-state index contributed by atoms with van der Waals surface area (Å²) in [6.07, 6.45) is 4.10. The van der Waals surface area contributed by atoms with Crippen LogP contribution >= 0.6 is 0 Å². The van der Waals surface area contributed by atoms with Crippen molar-refractivity contribution in [3.05, 3.63) is 35.9 Å². The van der Waals surface area contributed by atoms with Crippen molar-refractivity contribution in [3.8, 4) is 0 Å². The fourth-order valence-electron chi connectivity index (χ4n) is 2.87. The van der Waals surface area contributed by atoms with Crippen molar-refractivity contribution in [1.29, 1.82) is 0 Å². The van der Waals surface area contributed by atoms with Gasteiger partial charge in [-0.2, -0.15) is 0 Å². The lowest BCUT2D eigenvalue weighted by atomic mass is 9.73. The van der Waals surface area contributed by atoms with E-state index in [-0.39, 0.29) is 24.5 Å². The SMILES string of the molecule is CC1(C)CCC(C(=O)NC(CO)c2ccccc2)CC1. The molecule has 1 unspecified atom stereocenters. The smallest absolute Gasteiger partial charge is 0.223 e. The lowest BCUT2D eigenvalue weighted by Crippen LogP contribution is -2.38. The first-order valence-corrected chi connectivity index (χ1v) is 7.48. The summed E-state index contributed by atoms with van der Waals surface area (Å²) in [5.41, 5.74) is 1.33. The molecule has 2 N–H and O–H groups in total. The largest absolute Gasteiger partial charge is 0.394 e. The Balaban J connectivity index is 1.93. The van der Waals surface area contributed by atoms with Crippen LogP contribution in [0.25, 0.3) is 0 Å². The first-order chi connectivity index (χ1) is 9.52. The van der Waals surface area contributed by atoms with Gasteiger partial charge in [0.2, 0.25) is 5.91 Å². The number of carbonyl (C=O) groups is 1. The van der Waals surface area contributed by atoms with Crippen molar-refractivity contribution in [2.75, 3.05) is 6.61 Å². The maximum Gasteiger partial charge on any atom is 0.223 e. The summed E-state index contributed by atoms with van der Waals surface area (Å²) in [4.78, 5) is 12.3. The molecule has 2 rings (SSSR count). The molecule has 1 atom stereocenters. The minimum absolute atomic E-state index is 0.0615. The molecule has 1 aromatic carbocycles. The number of benzene rings is 1. The van der Waals surface area contributed by atoms with Crippen LogP contribution in [-0.4, -0.2) is 17.6 Å². The van der Waals surface area contributed by atoms with Crippen LogP contribution in [0.3, 0.4) is 0 Å². The average molecular weight is 275 g/mol. The van der Waals surface area contributed by atoms with Gasteiger partial charge in [0.15, 0.2) is 0 Å². The normalized spacial score (nSPS) is 20.4. The summed E-state index contributed by atoms with van der Waals surface area (Å²) in [5, 5.41) is 12.5. The molecule has 1 aliphatic carbocycles. The predicted octanol–water partition coefficient (Wildman–Crippen LogP) is 3.05. The Morgan fingerprint density at radius 2 is 1.90 bits per heavy atom. The van der Waals surface area contributed by atoms with Crippen molar-refractivity contribution in [2.24, 2.45) is 11.3 Å². The molecule has 3 nitrogen and oxygen atoms in total. The molecule has 0 spiro atoms. The van der Waals surface area contributed by atoms with Crippen LogP contribution in [-0.2, 0) is 4.79 Å². The quantitative estimate of drug-likeness (QED) is 0.887. The van der Waals surface area contributed by atoms with E-state index in [0.29, 0.717) is 5.41 Å². The summed E-state index contributed by atoms with van der Waals surface area (Å²) < 4.78 is 0. The third kappa shape index (κ3) is 3.83. The van der Waals surface area contributed by atoms with E-state index in [1.807, 2.05) is 30.3 Å². The van der Waals surface area contributed by atoms with E-state index in [2.05, 4.69) is 19.2 Å². The molecule has 20 heavy (non-hydrogen) atoms. The average Bonchev–Trinajstić information content (AvgIpc) is 2.45. The summed E-state index contributed by atoms with van der Waals surface area (Å²) in [7, 11) is 0. The Morgan fingerprint density at radius 1 is 1.30 bits per heavy atom. The number of rotatable bonds is 4. The molecule has 110 valence electrons. The van der Waals surface area contributed by atoms with Gasteiger partial charge in [0.25, 0.3) is 0 Å². The zero-order valence-electron chi connectivity index (χ0n) is 12.4. The van der Waals surface area contributed by atoms with E-state index < -0.39 is 0 Å². The topological polar surface area (TPSA) is 49.3 Å². The van der Waals surface area contributed by atoms with Crippen molar-refractivity contribution in [1.82, 2.24) is 5.32 Å². The zero-order valence-corrected chi connectivity index (χ0v) is 12.4. The minimum atomic E-state index is -0.293. The maximum absolute atomic E-state index is 12.3. The molecule has 1 amide bonds. The molecule has 1 aliphatic rings. The van der Waals surface area contributed by atoms with Gasteiger partial charge in [-0.05, 0) is 36.7 Å². The van der Waals surface area contributed by atoms with Crippen LogP contribution in [0.2, 0.25) is 0 Å². The number of aliphatic hydroxyl groups is 1. The van der Waals surface area contributed by atoms with Crippen LogP contribution in [0.5, 0.6) is 0 Å². The lowest BCUT2D eigenvalue weighted by molar-refractivity contribution is -0.127. The van der Waals surface area contributed by atoms with Crippen molar-refractivity contribution < 1.29 is 9.90 Å². The molecule has 3 heteroatoms. The van der Waals surface area contributed by atoms with Gasteiger partial charge in [-0.1, -0.05) is 44.2 Å². The molecule has 1 fully saturated rings. The van der Waals surface area contributed by atoms with E-state index in [4.69, 9.17) is 0 Å². The molecular weight excluding hydrogens is 250 g/mol. The number of hydrogen-bond donors (Lipinski definition) is 2. The Bertz CT molecular complexity index is 432. The van der Waals surface area contributed by atoms with Crippen LogP contribution in [0.4, 0.5) is 0 Å². The maximum atomic E-state index is 12.3. The molecule has 0 aliphatic heterocycles. The van der Waals surface area contributed by atoms with E-state index in [1.54, 1.807) is 0 Å². The van der Waals surface area contributed by atoms with E-state index >= 15 is 0 Å². The molecule has 1 aromatic rings. The molecule has 0 saturated heterocycles. The molecule has 0 radical (unpaired) electrons. The zero-order chi connectivity index (χ0) is 14.6. The van der Waals surface area contributed by atoms with Gasteiger partial charge in [-0.25, -0.2) is 0 Å². The second-order valence-electron chi connectivity index (χ2n) is 6.59. The van der Waals surface area contributed by atoms with Gasteiger partial charge >= 0.3 is 0 Å². The highest BCUT2D eigenvalue weighted by molar-refractivity contribution is 5.79. The highest BCUT2D eigenvalue weighted by Crippen LogP contribution is 2.38. The third-order valence-electron chi connectivity index (χ3n) is 4.41. The van der Waals surface area contributed by atoms with Gasteiger partial charge in [0, 0.05) is 5.92 Å². The molecular formula is C17H25NO2. The fraction of sp³-hybridized carbons (Fsp3) is 0.588. The highest BCUT2D eigenvalue weighted by Gasteiger charge is 2.31. The van der Waals surface area contributed by atoms with Gasteiger partial charge in [-0.3, -0.25) is 4.79 Å². The summed E-state index contributed by atoms with van der Waals surface area (Å²) >= 11 is 0. The van der Waals surface area contributed by atoms with Crippen LogP contribution < -0.4 is 5.32 Å². The lowest BCUT2D eigenvalue weighted by Gasteiger charge is -2.34. The highest BCUT2D eigenvalue weighted by atomic mass is 16.3. The van der Waals surface area contributed by atoms with Crippen LogP contribution in [0.1, 0.15) is 51.1 Å². The van der Waals surface area contributed by atoms with Gasteiger partial charge < -0.3 is 10.4 Å². The number of carbonyl (C=O) groups excluding carboxylic acids is 1. The van der Waals surface area contributed by atoms with Gasteiger partial charge in [0.1, 0.15) is 0 Å². The first-order valence-electron chi connectivity index (χ1n) is 7.48. The monoisotopic (exact) mass is 275 g/mol. The molecule has 1 saturated carbocycles. The van der Waals surface area contributed by atoms with Crippen molar-refractivity contribution >= 4 is 5.91 Å². The second-order valence-corrected chi connectivity index (χ2v) is 6.59. The second kappa shape index (κ2) is 6.40. The minimum Gasteiger partial charge on any atom is -0.394 e.